The fourth-order valence-corrected chi connectivity index (χ4v) is 2.14. The minimum atomic E-state index is -0.177. The molecule has 100 valence electrons. The summed E-state index contributed by atoms with van der Waals surface area (Å²) in [6.45, 7) is 5.15. The Hall–Kier alpha value is -1.67. The van der Waals surface area contributed by atoms with Crippen molar-refractivity contribution in [2.45, 2.75) is 32.9 Å². The van der Waals surface area contributed by atoms with Gasteiger partial charge in [0.2, 0.25) is 0 Å². The predicted octanol–water partition coefficient (Wildman–Crippen LogP) is 3.85. The topological polar surface area (TPSA) is 12.0 Å². The lowest BCUT2D eigenvalue weighted by Crippen LogP contribution is -2.27. The Morgan fingerprint density at radius 1 is 1.05 bits per heavy atom. The maximum absolute atomic E-state index is 12.8. The van der Waals surface area contributed by atoms with E-state index in [1.807, 2.05) is 12.1 Å². The molecule has 1 N–H and O–H groups in total. The van der Waals surface area contributed by atoms with Crippen molar-refractivity contribution < 1.29 is 4.39 Å². The number of hydrogen-bond acceptors (Lipinski definition) is 1. The molecule has 0 saturated heterocycles. The lowest BCUT2D eigenvalue weighted by atomic mass is 10.1. The monoisotopic (exact) mass is 257 g/mol. The highest BCUT2D eigenvalue weighted by molar-refractivity contribution is 5.25. The van der Waals surface area contributed by atoms with Crippen LogP contribution >= 0.6 is 0 Å². The lowest BCUT2D eigenvalue weighted by molar-refractivity contribution is 0.543. The van der Waals surface area contributed by atoms with Gasteiger partial charge < -0.3 is 5.32 Å². The quantitative estimate of drug-likeness (QED) is 0.857. The molecule has 1 nitrogen and oxygen atoms in total. The van der Waals surface area contributed by atoms with Crippen molar-refractivity contribution in [1.29, 1.82) is 0 Å². The molecule has 0 aromatic heterocycles. The summed E-state index contributed by atoms with van der Waals surface area (Å²) < 4.78 is 12.8. The maximum atomic E-state index is 12.8. The second-order valence-corrected chi connectivity index (χ2v) is 5.04. The van der Waals surface area contributed by atoms with Crippen LogP contribution in [0.3, 0.4) is 0 Å². The summed E-state index contributed by atoms with van der Waals surface area (Å²) in [5, 5.41) is 3.51. The van der Waals surface area contributed by atoms with Gasteiger partial charge in [0.05, 0.1) is 0 Å². The zero-order chi connectivity index (χ0) is 13.7. The summed E-state index contributed by atoms with van der Waals surface area (Å²) in [4.78, 5) is 0. The van der Waals surface area contributed by atoms with E-state index in [2.05, 4.69) is 43.4 Å². The van der Waals surface area contributed by atoms with Crippen molar-refractivity contribution in [3.8, 4) is 0 Å². The van der Waals surface area contributed by atoms with Crippen molar-refractivity contribution in [3.63, 3.8) is 0 Å². The first-order chi connectivity index (χ1) is 9.15. The molecule has 19 heavy (non-hydrogen) atoms. The van der Waals surface area contributed by atoms with E-state index in [9.17, 15) is 4.39 Å². The van der Waals surface area contributed by atoms with Crippen LogP contribution in [-0.2, 0) is 13.0 Å². The smallest absolute Gasteiger partial charge is 0.123 e. The molecule has 2 aromatic carbocycles. The molecule has 2 rings (SSSR count). The van der Waals surface area contributed by atoms with Crippen molar-refractivity contribution >= 4 is 0 Å². The van der Waals surface area contributed by atoms with Crippen LogP contribution in [0.2, 0.25) is 0 Å². The van der Waals surface area contributed by atoms with Crippen molar-refractivity contribution in [2.75, 3.05) is 0 Å². The summed E-state index contributed by atoms with van der Waals surface area (Å²) in [5.74, 6) is -0.177. The van der Waals surface area contributed by atoms with E-state index in [1.54, 1.807) is 0 Å². The van der Waals surface area contributed by atoms with Gasteiger partial charge in [-0.3, -0.25) is 0 Å². The highest BCUT2D eigenvalue weighted by Gasteiger charge is 2.04. The first-order valence-corrected chi connectivity index (χ1v) is 6.67. The van der Waals surface area contributed by atoms with Crippen molar-refractivity contribution in [3.05, 3.63) is 71.0 Å². The van der Waals surface area contributed by atoms with Crippen molar-refractivity contribution in [2.24, 2.45) is 0 Å². The van der Waals surface area contributed by atoms with E-state index in [0.29, 0.717) is 6.04 Å². The van der Waals surface area contributed by atoms with Gasteiger partial charge in [0.15, 0.2) is 0 Å². The molecular weight excluding hydrogens is 237 g/mol. The van der Waals surface area contributed by atoms with Gasteiger partial charge in [-0.05, 0) is 49.1 Å². The molecule has 2 aromatic rings. The van der Waals surface area contributed by atoms with E-state index in [4.69, 9.17) is 0 Å². The molecule has 0 heterocycles. The van der Waals surface area contributed by atoms with Crippen LogP contribution in [0.5, 0.6) is 0 Å². The van der Waals surface area contributed by atoms with Gasteiger partial charge in [-0.2, -0.15) is 0 Å². The molecule has 0 spiro atoms. The summed E-state index contributed by atoms with van der Waals surface area (Å²) >= 11 is 0. The third-order valence-electron chi connectivity index (χ3n) is 3.36. The zero-order valence-corrected chi connectivity index (χ0v) is 11.5. The Morgan fingerprint density at radius 3 is 2.42 bits per heavy atom. The number of halogens is 1. The molecule has 2 heteroatoms. The fraction of sp³-hybridized carbons (Fsp3) is 0.294. The number of hydrogen-bond donors (Lipinski definition) is 1. The maximum Gasteiger partial charge on any atom is 0.123 e. The number of nitrogens with one attached hydrogen (secondary N) is 1. The molecule has 0 aliphatic heterocycles. The van der Waals surface area contributed by atoms with Gasteiger partial charge >= 0.3 is 0 Å². The van der Waals surface area contributed by atoms with E-state index in [0.717, 1.165) is 18.5 Å². The van der Waals surface area contributed by atoms with E-state index < -0.39 is 0 Å². The lowest BCUT2D eigenvalue weighted by Gasteiger charge is -2.15. The third kappa shape index (κ3) is 4.18. The number of rotatable bonds is 5. The molecule has 0 aliphatic carbocycles. The summed E-state index contributed by atoms with van der Waals surface area (Å²) in [6.07, 6.45) is 0.909. The Balaban J connectivity index is 1.86. The van der Waals surface area contributed by atoms with E-state index in [-0.39, 0.29) is 5.82 Å². The second-order valence-electron chi connectivity index (χ2n) is 5.04. The zero-order valence-electron chi connectivity index (χ0n) is 11.5. The average Bonchev–Trinajstić information content (AvgIpc) is 2.40. The minimum Gasteiger partial charge on any atom is -0.310 e. The Kier molecular flexibility index (Phi) is 4.69. The Bertz CT molecular complexity index is 519. The summed E-state index contributed by atoms with van der Waals surface area (Å²) in [6, 6.07) is 15.5. The van der Waals surface area contributed by atoms with E-state index in [1.165, 1.54) is 23.3 Å². The van der Waals surface area contributed by atoms with Crippen molar-refractivity contribution in [1.82, 2.24) is 5.32 Å². The molecule has 0 amide bonds. The van der Waals surface area contributed by atoms with Gasteiger partial charge in [0.25, 0.3) is 0 Å². The molecule has 1 unspecified atom stereocenters. The van der Waals surface area contributed by atoms with Crippen LogP contribution in [0.15, 0.2) is 48.5 Å². The van der Waals surface area contributed by atoms with E-state index >= 15 is 0 Å². The van der Waals surface area contributed by atoms with Crippen LogP contribution < -0.4 is 5.32 Å². The fourth-order valence-electron chi connectivity index (χ4n) is 2.14. The normalized spacial score (nSPS) is 12.4. The van der Waals surface area contributed by atoms with Crippen LogP contribution in [0.25, 0.3) is 0 Å². The van der Waals surface area contributed by atoms with Crippen LogP contribution in [0.1, 0.15) is 23.6 Å². The van der Waals surface area contributed by atoms with Gasteiger partial charge in [-0.1, -0.05) is 36.4 Å². The van der Waals surface area contributed by atoms with Crippen LogP contribution in [0.4, 0.5) is 4.39 Å². The molecular formula is C17H20FN. The molecule has 0 radical (unpaired) electrons. The standard InChI is InChI=1S/C17H20FN/c1-13-5-3-4-6-16(13)12-19-14(2)11-15-7-9-17(18)10-8-15/h3-10,14,19H,11-12H2,1-2H3. The molecule has 0 bridgehead atoms. The predicted molar refractivity (Wildman–Crippen MR) is 77.6 cm³/mol. The highest BCUT2D eigenvalue weighted by Crippen LogP contribution is 2.09. The largest absolute Gasteiger partial charge is 0.310 e. The van der Waals surface area contributed by atoms with Gasteiger partial charge in [-0.25, -0.2) is 4.39 Å². The average molecular weight is 257 g/mol. The van der Waals surface area contributed by atoms with Gasteiger partial charge in [0, 0.05) is 12.6 Å². The SMILES string of the molecule is Cc1ccccc1CNC(C)Cc1ccc(F)cc1. The minimum absolute atomic E-state index is 0.177. The Labute approximate surface area is 114 Å². The molecule has 0 fully saturated rings. The van der Waals surface area contributed by atoms with Crippen LogP contribution in [-0.4, -0.2) is 6.04 Å². The molecule has 0 saturated carbocycles. The van der Waals surface area contributed by atoms with Gasteiger partial charge in [0.1, 0.15) is 5.82 Å². The Morgan fingerprint density at radius 2 is 1.74 bits per heavy atom. The number of benzene rings is 2. The van der Waals surface area contributed by atoms with Crippen LogP contribution in [0, 0.1) is 12.7 Å². The first kappa shape index (κ1) is 13.8. The number of aryl methyl sites for hydroxylation is 1. The summed E-state index contributed by atoms with van der Waals surface area (Å²) in [7, 11) is 0. The first-order valence-electron chi connectivity index (χ1n) is 6.67. The molecule has 0 aliphatic rings. The third-order valence-corrected chi connectivity index (χ3v) is 3.36. The summed E-state index contributed by atoms with van der Waals surface area (Å²) in [5.41, 5.74) is 3.80. The second kappa shape index (κ2) is 6.48. The van der Waals surface area contributed by atoms with Gasteiger partial charge in [-0.15, -0.1) is 0 Å². The highest BCUT2D eigenvalue weighted by atomic mass is 19.1. The molecule has 1 atom stereocenters.